The van der Waals surface area contributed by atoms with Crippen LogP contribution >= 0.6 is 0 Å². The molecular formula is C16H28N4O. The van der Waals surface area contributed by atoms with Crippen molar-refractivity contribution in [3.8, 4) is 0 Å². The third-order valence-electron chi connectivity index (χ3n) is 4.18. The van der Waals surface area contributed by atoms with Gasteiger partial charge in [0.05, 0.1) is 6.04 Å². The number of amides is 1. The lowest BCUT2D eigenvalue weighted by Crippen LogP contribution is -2.36. The third-order valence-corrected chi connectivity index (χ3v) is 4.18. The smallest absolute Gasteiger partial charge is 0.226 e. The van der Waals surface area contributed by atoms with Crippen LogP contribution in [0.2, 0.25) is 0 Å². The van der Waals surface area contributed by atoms with E-state index >= 15 is 0 Å². The molecule has 0 radical (unpaired) electrons. The number of carbonyl (C=O) groups excluding carboxylic acids is 1. The molecule has 1 aromatic heterocycles. The number of aromatic nitrogens is 3. The molecule has 1 aromatic rings. The van der Waals surface area contributed by atoms with Gasteiger partial charge in [-0.15, -0.1) is 10.2 Å². The second-order valence-corrected chi connectivity index (χ2v) is 6.61. The zero-order valence-corrected chi connectivity index (χ0v) is 13.7. The van der Waals surface area contributed by atoms with Crippen molar-refractivity contribution >= 4 is 5.91 Å². The molecule has 5 nitrogen and oxygen atoms in total. The maximum Gasteiger partial charge on any atom is 0.226 e. The quantitative estimate of drug-likeness (QED) is 0.809. The Kier molecular flexibility index (Phi) is 5.37. The summed E-state index contributed by atoms with van der Waals surface area (Å²) in [7, 11) is 0. The summed E-state index contributed by atoms with van der Waals surface area (Å²) < 4.78 is 2.12. The highest BCUT2D eigenvalue weighted by molar-refractivity contribution is 5.79. The van der Waals surface area contributed by atoms with Gasteiger partial charge in [0.1, 0.15) is 6.33 Å². The van der Waals surface area contributed by atoms with Crippen LogP contribution in [0.1, 0.15) is 65.2 Å². The Hall–Kier alpha value is -1.39. The van der Waals surface area contributed by atoms with Crippen molar-refractivity contribution in [1.29, 1.82) is 0 Å². The van der Waals surface area contributed by atoms with Gasteiger partial charge < -0.3 is 9.47 Å². The highest BCUT2D eigenvalue weighted by Gasteiger charge is 2.34. The third kappa shape index (κ3) is 3.63. The van der Waals surface area contributed by atoms with Gasteiger partial charge in [-0.2, -0.15) is 0 Å². The molecule has 2 unspecified atom stereocenters. The lowest BCUT2D eigenvalue weighted by molar-refractivity contribution is -0.136. The number of rotatable bonds is 6. The van der Waals surface area contributed by atoms with E-state index < -0.39 is 0 Å². The second kappa shape index (κ2) is 7.05. The summed E-state index contributed by atoms with van der Waals surface area (Å²) in [6.07, 6.45) is 5.87. The van der Waals surface area contributed by atoms with Gasteiger partial charge in [-0.05, 0) is 25.2 Å². The number of hydrogen-bond acceptors (Lipinski definition) is 3. The molecule has 0 bridgehead atoms. The minimum atomic E-state index is 0.108. The summed E-state index contributed by atoms with van der Waals surface area (Å²) in [5.74, 6) is 1.89. The van der Waals surface area contributed by atoms with Crippen LogP contribution in [0.4, 0.5) is 0 Å². The van der Waals surface area contributed by atoms with Crippen LogP contribution in [0.25, 0.3) is 0 Å². The molecule has 0 saturated carbocycles. The SMILES string of the molecule is CCCC(C)C(=O)N1CCCC1c1nncn1CC(C)C. The predicted molar refractivity (Wildman–Crippen MR) is 82.6 cm³/mol. The summed E-state index contributed by atoms with van der Waals surface area (Å²) in [6, 6.07) is 0.109. The van der Waals surface area contributed by atoms with Crippen molar-refractivity contribution in [2.45, 2.75) is 66.0 Å². The Morgan fingerprint density at radius 2 is 2.19 bits per heavy atom. The van der Waals surface area contributed by atoms with Crippen molar-refractivity contribution in [3.63, 3.8) is 0 Å². The van der Waals surface area contributed by atoms with Crippen LogP contribution in [0, 0.1) is 11.8 Å². The van der Waals surface area contributed by atoms with Gasteiger partial charge in [0.15, 0.2) is 5.82 Å². The molecule has 21 heavy (non-hydrogen) atoms. The van der Waals surface area contributed by atoms with E-state index in [1.807, 2.05) is 11.8 Å². The number of likely N-dealkylation sites (tertiary alicyclic amines) is 1. The minimum absolute atomic E-state index is 0.108. The molecule has 0 aromatic carbocycles. The van der Waals surface area contributed by atoms with Crippen LogP contribution in [-0.2, 0) is 11.3 Å². The fraction of sp³-hybridized carbons (Fsp3) is 0.812. The molecule has 1 aliphatic heterocycles. The molecule has 5 heteroatoms. The lowest BCUT2D eigenvalue weighted by atomic mass is 10.0. The molecule has 2 atom stereocenters. The first kappa shape index (κ1) is 16.0. The molecule has 1 fully saturated rings. The molecular weight excluding hydrogens is 264 g/mol. The number of nitrogens with zero attached hydrogens (tertiary/aromatic N) is 4. The number of hydrogen-bond donors (Lipinski definition) is 0. The van der Waals surface area contributed by atoms with Gasteiger partial charge in [-0.25, -0.2) is 0 Å². The zero-order valence-electron chi connectivity index (χ0n) is 13.7. The normalized spacial score (nSPS) is 20.2. The minimum Gasteiger partial charge on any atom is -0.332 e. The van der Waals surface area contributed by atoms with Gasteiger partial charge in [0.25, 0.3) is 0 Å². The fourth-order valence-corrected chi connectivity index (χ4v) is 3.19. The zero-order chi connectivity index (χ0) is 15.4. The molecule has 0 spiro atoms. The van der Waals surface area contributed by atoms with Crippen LogP contribution in [0.15, 0.2) is 6.33 Å². The van der Waals surface area contributed by atoms with Gasteiger partial charge in [0, 0.05) is 19.0 Å². The van der Waals surface area contributed by atoms with Crippen LogP contribution in [0.5, 0.6) is 0 Å². The van der Waals surface area contributed by atoms with Gasteiger partial charge in [-0.1, -0.05) is 34.1 Å². The molecule has 1 amide bonds. The Morgan fingerprint density at radius 1 is 1.43 bits per heavy atom. The monoisotopic (exact) mass is 292 g/mol. The molecule has 2 rings (SSSR count). The average molecular weight is 292 g/mol. The van der Waals surface area contributed by atoms with Crippen molar-refractivity contribution in [1.82, 2.24) is 19.7 Å². The van der Waals surface area contributed by atoms with Crippen molar-refractivity contribution in [2.75, 3.05) is 6.54 Å². The first-order valence-electron chi connectivity index (χ1n) is 8.22. The molecule has 1 saturated heterocycles. The fourth-order valence-electron chi connectivity index (χ4n) is 3.19. The summed E-state index contributed by atoms with van der Waals surface area (Å²) in [4.78, 5) is 14.7. The largest absolute Gasteiger partial charge is 0.332 e. The lowest BCUT2D eigenvalue weighted by Gasteiger charge is -2.27. The summed E-state index contributed by atoms with van der Waals surface area (Å²) in [5.41, 5.74) is 0. The van der Waals surface area contributed by atoms with Gasteiger partial charge >= 0.3 is 0 Å². The van der Waals surface area contributed by atoms with Crippen LogP contribution < -0.4 is 0 Å². The van der Waals surface area contributed by atoms with E-state index in [0.717, 1.165) is 44.6 Å². The van der Waals surface area contributed by atoms with E-state index in [4.69, 9.17) is 0 Å². The maximum absolute atomic E-state index is 12.6. The Balaban J connectivity index is 2.15. The summed E-state index contributed by atoms with van der Waals surface area (Å²) in [6.45, 7) is 10.3. The van der Waals surface area contributed by atoms with Gasteiger partial charge in [-0.3, -0.25) is 4.79 Å². The highest BCUT2D eigenvalue weighted by Crippen LogP contribution is 2.32. The maximum atomic E-state index is 12.6. The molecule has 1 aliphatic rings. The van der Waals surface area contributed by atoms with Crippen LogP contribution in [0.3, 0.4) is 0 Å². The molecule has 0 N–H and O–H groups in total. The van der Waals surface area contributed by atoms with Gasteiger partial charge in [0.2, 0.25) is 5.91 Å². The molecule has 118 valence electrons. The van der Waals surface area contributed by atoms with E-state index in [1.54, 1.807) is 6.33 Å². The van der Waals surface area contributed by atoms with E-state index in [9.17, 15) is 4.79 Å². The topological polar surface area (TPSA) is 51.0 Å². The first-order chi connectivity index (χ1) is 10.0. The Morgan fingerprint density at radius 3 is 2.86 bits per heavy atom. The van der Waals surface area contributed by atoms with Crippen molar-refractivity contribution in [3.05, 3.63) is 12.2 Å². The summed E-state index contributed by atoms with van der Waals surface area (Å²) >= 11 is 0. The summed E-state index contributed by atoms with van der Waals surface area (Å²) in [5, 5.41) is 8.38. The predicted octanol–water partition coefficient (Wildman–Crippen LogP) is 3.03. The first-order valence-corrected chi connectivity index (χ1v) is 8.22. The average Bonchev–Trinajstić information content (AvgIpc) is 3.05. The highest BCUT2D eigenvalue weighted by atomic mass is 16.2. The van der Waals surface area contributed by atoms with E-state index in [2.05, 4.69) is 35.5 Å². The van der Waals surface area contributed by atoms with E-state index in [1.165, 1.54) is 0 Å². The Labute approximate surface area is 127 Å². The van der Waals surface area contributed by atoms with Crippen molar-refractivity contribution in [2.24, 2.45) is 11.8 Å². The number of carbonyl (C=O) groups is 1. The standard InChI is InChI=1S/C16H28N4O/c1-5-7-13(4)16(21)20-9-6-8-14(20)15-18-17-11-19(15)10-12(2)3/h11-14H,5-10H2,1-4H3. The Bertz CT molecular complexity index is 469. The molecule has 0 aliphatic carbocycles. The van der Waals surface area contributed by atoms with Crippen LogP contribution in [-0.4, -0.2) is 32.1 Å². The van der Waals surface area contributed by atoms with E-state index in [0.29, 0.717) is 5.92 Å². The second-order valence-electron chi connectivity index (χ2n) is 6.61. The van der Waals surface area contributed by atoms with E-state index in [-0.39, 0.29) is 17.9 Å². The molecule has 2 heterocycles. The van der Waals surface area contributed by atoms with Crippen molar-refractivity contribution < 1.29 is 4.79 Å².